The molecule has 1 aromatic rings. The fourth-order valence-electron chi connectivity index (χ4n) is 1.99. The van der Waals surface area contributed by atoms with Gasteiger partial charge in [0.2, 0.25) is 0 Å². The number of thiazole rings is 1. The summed E-state index contributed by atoms with van der Waals surface area (Å²) in [5, 5.41) is 9.06. The first kappa shape index (κ1) is 9.61. The Hall–Kier alpha value is -0.940. The standard InChI is InChI=1S/C9H12N2O2S/c1-11-3-2-6(9(12)13)8(11)7-4-10-5-14-7/h4-6,8H,2-3H2,1H3,(H,12,13)/t6-,8-/m0/s1. The molecule has 2 atom stereocenters. The van der Waals surface area contributed by atoms with Gasteiger partial charge in [0.15, 0.2) is 0 Å². The van der Waals surface area contributed by atoms with Crippen LogP contribution in [0.5, 0.6) is 0 Å². The number of carboxylic acids is 1. The first-order valence-electron chi connectivity index (χ1n) is 4.51. The molecule has 1 aromatic heterocycles. The molecule has 0 unspecified atom stereocenters. The Bertz CT molecular complexity index is 326. The number of rotatable bonds is 2. The van der Waals surface area contributed by atoms with Gasteiger partial charge in [-0.15, -0.1) is 11.3 Å². The van der Waals surface area contributed by atoms with Gasteiger partial charge < -0.3 is 5.11 Å². The van der Waals surface area contributed by atoms with Gasteiger partial charge in [-0.05, 0) is 20.0 Å². The summed E-state index contributed by atoms with van der Waals surface area (Å²) in [6.07, 6.45) is 2.50. The summed E-state index contributed by atoms with van der Waals surface area (Å²) in [6.45, 7) is 0.847. The van der Waals surface area contributed by atoms with Gasteiger partial charge >= 0.3 is 5.97 Å². The lowest BCUT2D eigenvalue weighted by Gasteiger charge is -2.20. The normalized spacial score (nSPS) is 28.1. The summed E-state index contributed by atoms with van der Waals surface area (Å²) in [5.74, 6) is -0.979. The van der Waals surface area contributed by atoms with Gasteiger partial charge in [-0.1, -0.05) is 0 Å². The zero-order valence-corrected chi connectivity index (χ0v) is 8.70. The Morgan fingerprint density at radius 3 is 3.14 bits per heavy atom. The van der Waals surface area contributed by atoms with E-state index in [-0.39, 0.29) is 12.0 Å². The highest BCUT2D eigenvalue weighted by molar-refractivity contribution is 7.09. The largest absolute Gasteiger partial charge is 0.481 e. The second-order valence-corrected chi connectivity index (χ2v) is 4.48. The fourth-order valence-corrected chi connectivity index (χ4v) is 2.84. The molecule has 0 bridgehead atoms. The molecule has 0 aliphatic carbocycles. The summed E-state index contributed by atoms with van der Waals surface area (Å²) in [7, 11) is 1.97. The van der Waals surface area contributed by atoms with Gasteiger partial charge in [-0.2, -0.15) is 0 Å². The van der Waals surface area contributed by atoms with Crippen molar-refractivity contribution in [2.24, 2.45) is 5.92 Å². The highest BCUT2D eigenvalue weighted by Crippen LogP contribution is 2.37. The van der Waals surface area contributed by atoms with Crippen LogP contribution >= 0.6 is 11.3 Å². The lowest BCUT2D eigenvalue weighted by molar-refractivity contribution is -0.142. The average molecular weight is 212 g/mol. The van der Waals surface area contributed by atoms with Crippen LogP contribution in [0.3, 0.4) is 0 Å². The predicted molar refractivity (Wildman–Crippen MR) is 53.2 cm³/mol. The van der Waals surface area contributed by atoms with Gasteiger partial charge in [0.1, 0.15) is 0 Å². The summed E-state index contributed by atoms with van der Waals surface area (Å²) in [4.78, 5) is 18.1. The quantitative estimate of drug-likeness (QED) is 0.801. The molecule has 0 saturated carbocycles. The lowest BCUT2D eigenvalue weighted by Crippen LogP contribution is -2.24. The smallest absolute Gasteiger partial charge is 0.308 e. The first-order valence-corrected chi connectivity index (χ1v) is 5.39. The molecule has 1 aliphatic rings. The van der Waals surface area contributed by atoms with E-state index in [0.29, 0.717) is 0 Å². The Morgan fingerprint density at radius 1 is 1.79 bits per heavy atom. The Kier molecular flexibility index (Phi) is 2.52. The maximum absolute atomic E-state index is 11.0. The molecule has 0 amide bonds. The third-order valence-electron chi connectivity index (χ3n) is 2.71. The number of nitrogens with zero attached hydrogens (tertiary/aromatic N) is 2. The number of aliphatic carboxylic acids is 1. The molecule has 0 spiro atoms. The second kappa shape index (κ2) is 3.67. The van der Waals surface area contributed by atoms with E-state index in [1.807, 2.05) is 7.05 Å². The summed E-state index contributed by atoms with van der Waals surface area (Å²) in [6, 6.07) is 0.0139. The van der Waals surface area contributed by atoms with Crippen LogP contribution in [-0.2, 0) is 4.79 Å². The fraction of sp³-hybridized carbons (Fsp3) is 0.556. The van der Waals surface area contributed by atoms with E-state index in [0.717, 1.165) is 17.8 Å². The van der Waals surface area contributed by atoms with Crippen molar-refractivity contribution in [3.05, 3.63) is 16.6 Å². The molecule has 14 heavy (non-hydrogen) atoms. The van der Waals surface area contributed by atoms with Crippen molar-refractivity contribution in [1.29, 1.82) is 0 Å². The Labute approximate surface area is 86.2 Å². The number of aromatic nitrogens is 1. The molecule has 2 rings (SSSR count). The molecule has 1 N–H and O–H groups in total. The van der Waals surface area contributed by atoms with Crippen molar-refractivity contribution in [1.82, 2.24) is 9.88 Å². The topological polar surface area (TPSA) is 53.4 Å². The van der Waals surface area contributed by atoms with Crippen LogP contribution in [-0.4, -0.2) is 34.6 Å². The zero-order chi connectivity index (χ0) is 10.1. The maximum Gasteiger partial charge on any atom is 0.308 e. The van der Waals surface area contributed by atoms with E-state index >= 15 is 0 Å². The minimum absolute atomic E-state index is 0.0139. The van der Waals surface area contributed by atoms with Gasteiger partial charge in [0.25, 0.3) is 0 Å². The number of hydrogen-bond acceptors (Lipinski definition) is 4. The minimum Gasteiger partial charge on any atom is -0.481 e. The molecular weight excluding hydrogens is 200 g/mol. The molecule has 1 aliphatic heterocycles. The Morgan fingerprint density at radius 2 is 2.57 bits per heavy atom. The molecule has 4 nitrogen and oxygen atoms in total. The van der Waals surface area contributed by atoms with Crippen LogP contribution in [0.2, 0.25) is 0 Å². The van der Waals surface area contributed by atoms with Crippen molar-refractivity contribution < 1.29 is 9.90 Å². The number of hydrogen-bond donors (Lipinski definition) is 1. The molecule has 0 radical (unpaired) electrons. The van der Waals surface area contributed by atoms with Crippen molar-refractivity contribution in [3.8, 4) is 0 Å². The third-order valence-corrected chi connectivity index (χ3v) is 3.56. The number of likely N-dealkylation sites (tertiary alicyclic amines) is 1. The van der Waals surface area contributed by atoms with Gasteiger partial charge in [0.05, 0.1) is 17.5 Å². The molecule has 0 aromatic carbocycles. The van der Waals surface area contributed by atoms with Crippen molar-refractivity contribution in [2.75, 3.05) is 13.6 Å². The van der Waals surface area contributed by atoms with Gasteiger partial charge in [-0.25, -0.2) is 0 Å². The molecule has 2 heterocycles. The predicted octanol–water partition coefficient (Wildman–Crippen LogP) is 1.22. The molecule has 5 heteroatoms. The average Bonchev–Trinajstić information content (AvgIpc) is 2.71. The van der Waals surface area contributed by atoms with Crippen molar-refractivity contribution >= 4 is 17.3 Å². The van der Waals surface area contributed by atoms with Crippen LogP contribution in [0.15, 0.2) is 11.7 Å². The summed E-state index contributed by atoms with van der Waals surface area (Å²) < 4.78 is 0. The summed E-state index contributed by atoms with van der Waals surface area (Å²) >= 11 is 1.53. The van der Waals surface area contributed by atoms with E-state index in [9.17, 15) is 4.79 Å². The molecule has 76 valence electrons. The zero-order valence-electron chi connectivity index (χ0n) is 7.88. The first-order chi connectivity index (χ1) is 6.70. The highest BCUT2D eigenvalue weighted by atomic mass is 32.1. The van der Waals surface area contributed by atoms with Crippen LogP contribution in [0.4, 0.5) is 0 Å². The number of carbonyl (C=O) groups is 1. The second-order valence-electron chi connectivity index (χ2n) is 3.56. The van der Waals surface area contributed by atoms with Gasteiger partial charge in [-0.3, -0.25) is 14.7 Å². The molecule has 1 saturated heterocycles. The van der Waals surface area contributed by atoms with Gasteiger partial charge in [0, 0.05) is 11.1 Å². The van der Waals surface area contributed by atoms with Crippen LogP contribution < -0.4 is 0 Å². The third kappa shape index (κ3) is 1.53. The summed E-state index contributed by atoms with van der Waals surface area (Å²) in [5.41, 5.74) is 1.75. The van der Waals surface area contributed by atoms with Crippen molar-refractivity contribution in [2.45, 2.75) is 12.5 Å². The highest BCUT2D eigenvalue weighted by Gasteiger charge is 2.38. The van der Waals surface area contributed by atoms with E-state index in [4.69, 9.17) is 5.11 Å². The SMILES string of the molecule is CN1CC[C@H](C(=O)O)[C@H]1c1cncs1. The van der Waals surface area contributed by atoms with E-state index in [1.54, 1.807) is 11.7 Å². The monoisotopic (exact) mass is 212 g/mol. The molecular formula is C9H12N2O2S. The van der Waals surface area contributed by atoms with Crippen LogP contribution in [0.25, 0.3) is 0 Å². The number of carboxylic acid groups (broad SMARTS) is 1. The minimum atomic E-state index is -0.701. The Balaban J connectivity index is 2.26. The molecule has 1 fully saturated rings. The maximum atomic E-state index is 11.0. The van der Waals surface area contributed by atoms with E-state index in [2.05, 4.69) is 9.88 Å². The van der Waals surface area contributed by atoms with E-state index in [1.165, 1.54) is 11.3 Å². The van der Waals surface area contributed by atoms with Crippen LogP contribution in [0, 0.1) is 5.92 Å². The van der Waals surface area contributed by atoms with E-state index < -0.39 is 5.97 Å². The lowest BCUT2D eigenvalue weighted by atomic mass is 10.00. The van der Waals surface area contributed by atoms with Crippen LogP contribution in [0.1, 0.15) is 17.3 Å². The van der Waals surface area contributed by atoms with Crippen molar-refractivity contribution in [3.63, 3.8) is 0 Å².